The molecule has 1 aromatic carbocycles. The number of thioether (sulfide) groups is 1. The Kier molecular flexibility index (Phi) is 2.57. The molecule has 0 spiro atoms. The van der Waals surface area contributed by atoms with Gasteiger partial charge in [-0.2, -0.15) is 0 Å². The molecule has 1 atom stereocenters. The van der Waals surface area contributed by atoms with E-state index in [1.807, 2.05) is 29.6 Å². The summed E-state index contributed by atoms with van der Waals surface area (Å²) in [6.45, 7) is 0. The minimum atomic E-state index is -0.147. The normalized spacial score (nSPS) is 18.6. The summed E-state index contributed by atoms with van der Waals surface area (Å²) in [5, 5.41) is 4.75. The number of hydrogen-bond donors (Lipinski definition) is 2. The number of rotatable bonds is 1. The second-order valence-corrected chi connectivity index (χ2v) is 5.88. The second-order valence-electron chi connectivity index (χ2n) is 3.76. The Labute approximate surface area is 107 Å². The van der Waals surface area contributed by atoms with Gasteiger partial charge >= 0.3 is 0 Å². The van der Waals surface area contributed by atoms with Crippen molar-refractivity contribution in [2.75, 3.05) is 11.1 Å². The van der Waals surface area contributed by atoms with Crippen LogP contribution < -0.4 is 11.1 Å². The predicted molar refractivity (Wildman–Crippen MR) is 72.4 cm³/mol. The van der Waals surface area contributed by atoms with Gasteiger partial charge in [0.15, 0.2) is 0 Å². The van der Waals surface area contributed by atoms with Crippen LogP contribution in [0.4, 0.5) is 11.4 Å². The average Bonchev–Trinajstić information content (AvgIpc) is 2.81. The quantitative estimate of drug-likeness (QED) is 0.776. The Hall–Kier alpha value is -1.46. The predicted octanol–water partition coefficient (Wildman–Crippen LogP) is 3.12. The first-order chi connectivity index (χ1) is 8.24. The third kappa shape index (κ3) is 1.92. The molecule has 1 amide bonds. The van der Waals surface area contributed by atoms with Crippen LogP contribution in [0, 0.1) is 0 Å². The number of fused-ring (bicyclic) bond motifs is 1. The first-order valence-corrected chi connectivity index (χ1v) is 6.90. The average molecular weight is 262 g/mol. The van der Waals surface area contributed by atoms with Gasteiger partial charge in [-0.1, -0.05) is 6.07 Å². The van der Waals surface area contributed by atoms with Gasteiger partial charge in [-0.25, -0.2) is 0 Å². The fraction of sp³-hybridized carbons (Fsp3) is 0.0833. The van der Waals surface area contributed by atoms with Gasteiger partial charge in [0.1, 0.15) is 5.25 Å². The van der Waals surface area contributed by atoms with Crippen LogP contribution in [0.25, 0.3) is 0 Å². The Morgan fingerprint density at radius 2 is 2.18 bits per heavy atom. The molecule has 0 bridgehead atoms. The van der Waals surface area contributed by atoms with Crippen molar-refractivity contribution in [3.8, 4) is 0 Å². The highest BCUT2D eigenvalue weighted by atomic mass is 32.2. The molecule has 0 fully saturated rings. The molecule has 0 saturated heterocycles. The van der Waals surface area contributed by atoms with Crippen LogP contribution in [-0.2, 0) is 4.79 Å². The monoisotopic (exact) mass is 262 g/mol. The van der Waals surface area contributed by atoms with Crippen molar-refractivity contribution in [3.05, 3.63) is 40.6 Å². The standard InChI is InChI=1S/C12H10N2OS2/c13-7-3-4-9-8(6-7)14-12(15)11(17-9)10-2-1-5-16-10/h1-6,11H,13H2,(H,14,15). The van der Waals surface area contributed by atoms with Crippen LogP contribution in [0.5, 0.6) is 0 Å². The highest BCUT2D eigenvalue weighted by Crippen LogP contribution is 2.45. The first kappa shape index (κ1) is 10.7. The molecule has 2 heterocycles. The molecule has 3 N–H and O–H groups in total. The fourth-order valence-corrected chi connectivity index (χ4v) is 3.77. The minimum absolute atomic E-state index is 0.0237. The van der Waals surface area contributed by atoms with Crippen molar-refractivity contribution in [1.29, 1.82) is 0 Å². The number of benzene rings is 1. The zero-order valence-corrected chi connectivity index (χ0v) is 10.5. The lowest BCUT2D eigenvalue weighted by Gasteiger charge is -2.23. The zero-order valence-electron chi connectivity index (χ0n) is 8.84. The second kappa shape index (κ2) is 4.09. The summed E-state index contributed by atoms with van der Waals surface area (Å²) in [4.78, 5) is 14.1. The largest absolute Gasteiger partial charge is 0.399 e. The Bertz CT molecular complexity index is 566. The summed E-state index contributed by atoms with van der Waals surface area (Å²) >= 11 is 3.18. The summed E-state index contributed by atoms with van der Waals surface area (Å²) in [6.07, 6.45) is 0. The summed E-state index contributed by atoms with van der Waals surface area (Å²) in [7, 11) is 0. The SMILES string of the molecule is Nc1ccc2c(c1)NC(=O)C(c1cccs1)S2. The molecule has 1 unspecified atom stereocenters. The van der Waals surface area contributed by atoms with E-state index in [4.69, 9.17) is 5.73 Å². The third-order valence-corrected chi connectivity index (χ3v) is 4.95. The van der Waals surface area contributed by atoms with E-state index < -0.39 is 0 Å². The lowest BCUT2D eigenvalue weighted by Crippen LogP contribution is -2.22. The molecule has 1 aliphatic rings. The van der Waals surface area contributed by atoms with Gasteiger partial charge in [0.05, 0.1) is 5.69 Å². The number of nitrogen functional groups attached to an aromatic ring is 1. The van der Waals surface area contributed by atoms with Gasteiger partial charge < -0.3 is 11.1 Å². The van der Waals surface area contributed by atoms with Crippen molar-refractivity contribution in [2.24, 2.45) is 0 Å². The lowest BCUT2D eigenvalue weighted by molar-refractivity contribution is -0.115. The van der Waals surface area contributed by atoms with Gasteiger partial charge in [-0.05, 0) is 29.6 Å². The molecule has 0 aliphatic carbocycles. The van der Waals surface area contributed by atoms with E-state index in [1.54, 1.807) is 29.2 Å². The summed E-state index contributed by atoms with van der Waals surface area (Å²) in [5.41, 5.74) is 7.18. The Morgan fingerprint density at radius 1 is 1.29 bits per heavy atom. The molecule has 1 aliphatic heterocycles. The van der Waals surface area contributed by atoms with Gasteiger partial charge in [-0.15, -0.1) is 23.1 Å². The van der Waals surface area contributed by atoms with E-state index in [1.165, 1.54) is 0 Å². The van der Waals surface area contributed by atoms with Crippen LogP contribution in [0.15, 0.2) is 40.6 Å². The molecule has 3 rings (SSSR count). The first-order valence-electron chi connectivity index (χ1n) is 5.14. The number of carbonyl (C=O) groups excluding carboxylic acids is 1. The van der Waals surface area contributed by atoms with E-state index in [0.717, 1.165) is 15.5 Å². The van der Waals surface area contributed by atoms with E-state index in [2.05, 4.69) is 5.32 Å². The molecule has 1 aromatic heterocycles. The summed E-state index contributed by atoms with van der Waals surface area (Å²) in [6, 6.07) is 9.56. The summed E-state index contributed by atoms with van der Waals surface area (Å²) in [5.74, 6) is 0.0237. The van der Waals surface area contributed by atoms with E-state index in [9.17, 15) is 4.79 Å². The van der Waals surface area contributed by atoms with Crippen molar-refractivity contribution < 1.29 is 4.79 Å². The molecule has 0 radical (unpaired) electrons. The Morgan fingerprint density at radius 3 is 2.94 bits per heavy atom. The number of nitrogens with two attached hydrogens (primary N) is 1. The highest BCUT2D eigenvalue weighted by molar-refractivity contribution is 8.00. The van der Waals surface area contributed by atoms with Gasteiger partial charge in [-0.3, -0.25) is 4.79 Å². The third-order valence-electron chi connectivity index (χ3n) is 2.55. The smallest absolute Gasteiger partial charge is 0.243 e. The maximum atomic E-state index is 12.0. The van der Waals surface area contributed by atoms with Crippen LogP contribution in [0.3, 0.4) is 0 Å². The topological polar surface area (TPSA) is 55.1 Å². The van der Waals surface area contributed by atoms with Gasteiger partial charge in [0.25, 0.3) is 0 Å². The molecule has 2 aromatic rings. The van der Waals surface area contributed by atoms with Gasteiger partial charge in [0, 0.05) is 15.5 Å². The van der Waals surface area contributed by atoms with Crippen LogP contribution in [-0.4, -0.2) is 5.91 Å². The van der Waals surface area contributed by atoms with Gasteiger partial charge in [0.2, 0.25) is 5.91 Å². The van der Waals surface area contributed by atoms with Crippen LogP contribution in [0.1, 0.15) is 10.1 Å². The number of nitrogens with one attached hydrogen (secondary N) is 1. The molecule has 86 valence electrons. The molecule has 3 nitrogen and oxygen atoms in total. The molecule has 0 saturated carbocycles. The zero-order chi connectivity index (χ0) is 11.8. The molecular weight excluding hydrogens is 252 g/mol. The van der Waals surface area contributed by atoms with Crippen LogP contribution in [0.2, 0.25) is 0 Å². The van der Waals surface area contributed by atoms with Crippen LogP contribution >= 0.6 is 23.1 Å². The molecule has 17 heavy (non-hydrogen) atoms. The maximum absolute atomic E-state index is 12.0. The highest BCUT2D eigenvalue weighted by Gasteiger charge is 2.28. The van der Waals surface area contributed by atoms with E-state index in [0.29, 0.717) is 5.69 Å². The lowest BCUT2D eigenvalue weighted by atomic mass is 10.2. The fourth-order valence-electron chi connectivity index (χ4n) is 1.75. The van der Waals surface area contributed by atoms with E-state index in [-0.39, 0.29) is 11.2 Å². The van der Waals surface area contributed by atoms with Crippen molar-refractivity contribution in [1.82, 2.24) is 0 Å². The van der Waals surface area contributed by atoms with Crippen molar-refractivity contribution in [2.45, 2.75) is 10.1 Å². The number of hydrogen-bond acceptors (Lipinski definition) is 4. The Balaban J connectivity index is 1.98. The molecular formula is C12H10N2OS2. The van der Waals surface area contributed by atoms with Crippen molar-refractivity contribution in [3.63, 3.8) is 0 Å². The minimum Gasteiger partial charge on any atom is -0.399 e. The number of thiophene rings is 1. The summed E-state index contributed by atoms with van der Waals surface area (Å²) < 4.78 is 0. The maximum Gasteiger partial charge on any atom is 0.243 e. The number of amides is 1. The number of carbonyl (C=O) groups is 1. The molecule has 5 heteroatoms. The number of anilines is 2. The van der Waals surface area contributed by atoms with Crippen molar-refractivity contribution >= 4 is 40.4 Å². The van der Waals surface area contributed by atoms with E-state index >= 15 is 0 Å².